The molecule has 0 bridgehead atoms. The maximum atomic E-state index is 10.8. The van der Waals surface area contributed by atoms with E-state index in [9.17, 15) is 4.21 Å². The number of aryl methyl sites for hydroxylation is 2. The van der Waals surface area contributed by atoms with Crippen molar-refractivity contribution in [1.82, 2.24) is 0 Å². The predicted molar refractivity (Wildman–Crippen MR) is 90.3 cm³/mol. The van der Waals surface area contributed by atoms with Crippen LogP contribution < -0.4 is 4.72 Å². The first-order valence-electron chi connectivity index (χ1n) is 6.70. The second kappa shape index (κ2) is 6.70. The summed E-state index contributed by atoms with van der Waals surface area (Å²) in [5.74, 6) is 0. The summed E-state index contributed by atoms with van der Waals surface area (Å²) >= 11 is -2.05. The van der Waals surface area contributed by atoms with E-state index in [1.165, 1.54) is 11.1 Å². The van der Waals surface area contributed by atoms with E-state index in [0.717, 1.165) is 16.7 Å². The topological polar surface area (TPSA) is 49.3 Å². The lowest BCUT2D eigenvalue weighted by molar-refractivity contribution is 0.570. The minimum absolute atomic E-state index is 0.655. The molecule has 0 amide bonds. The lowest BCUT2D eigenvalue weighted by atomic mass is 9.94. The largest absolute Gasteiger partial charge is 0.289 e. The third-order valence-corrected chi connectivity index (χ3v) is 3.73. The molecular formula is C17H19NO2S. The molecule has 110 valence electrons. The van der Waals surface area contributed by atoms with Crippen molar-refractivity contribution in [3.63, 3.8) is 0 Å². The van der Waals surface area contributed by atoms with Gasteiger partial charge in [-0.3, -0.25) is 9.27 Å². The van der Waals surface area contributed by atoms with Crippen molar-refractivity contribution < 1.29 is 8.76 Å². The highest BCUT2D eigenvalue weighted by Gasteiger charge is 2.08. The summed E-state index contributed by atoms with van der Waals surface area (Å²) in [5, 5.41) is 0. The first kappa shape index (κ1) is 15.5. The average molecular weight is 301 g/mol. The van der Waals surface area contributed by atoms with Crippen LogP contribution in [0.4, 0.5) is 5.69 Å². The quantitative estimate of drug-likeness (QED) is 0.649. The molecule has 0 spiro atoms. The van der Waals surface area contributed by atoms with Crippen LogP contribution in [0.3, 0.4) is 0 Å². The van der Waals surface area contributed by atoms with Crippen molar-refractivity contribution in [3.8, 4) is 0 Å². The van der Waals surface area contributed by atoms with Gasteiger partial charge in [0.25, 0.3) is 11.3 Å². The Bertz CT molecular complexity index is 670. The maximum Gasteiger partial charge on any atom is 0.259 e. The highest BCUT2D eigenvalue weighted by molar-refractivity contribution is 7.80. The van der Waals surface area contributed by atoms with Crippen LogP contribution >= 0.6 is 0 Å². The maximum absolute atomic E-state index is 10.8. The van der Waals surface area contributed by atoms with E-state index < -0.39 is 11.3 Å². The fourth-order valence-electron chi connectivity index (χ4n) is 2.62. The van der Waals surface area contributed by atoms with Gasteiger partial charge in [0.15, 0.2) is 0 Å². The van der Waals surface area contributed by atoms with E-state index in [2.05, 4.69) is 29.9 Å². The Morgan fingerprint density at radius 3 is 2.24 bits per heavy atom. The van der Waals surface area contributed by atoms with E-state index in [0.29, 0.717) is 5.69 Å². The molecule has 4 heteroatoms. The fourth-order valence-corrected chi connectivity index (χ4v) is 2.94. The molecule has 0 aliphatic rings. The van der Waals surface area contributed by atoms with E-state index >= 15 is 0 Å². The van der Waals surface area contributed by atoms with Crippen molar-refractivity contribution in [2.24, 2.45) is 0 Å². The normalized spacial score (nSPS) is 13.0. The van der Waals surface area contributed by atoms with Crippen LogP contribution in [-0.4, -0.2) is 8.76 Å². The smallest absolute Gasteiger partial charge is 0.259 e. The van der Waals surface area contributed by atoms with Crippen LogP contribution in [0, 0.1) is 13.8 Å². The first-order valence-corrected chi connectivity index (χ1v) is 7.80. The summed E-state index contributed by atoms with van der Waals surface area (Å²) < 4.78 is 22.3. The molecule has 0 saturated carbocycles. The second-order valence-corrected chi connectivity index (χ2v) is 5.78. The molecule has 21 heavy (non-hydrogen) atoms. The van der Waals surface area contributed by atoms with Gasteiger partial charge in [-0.05, 0) is 60.7 Å². The van der Waals surface area contributed by atoms with Crippen LogP contribution in [0.5, 0.6) is 0 Å². The summed E-state index contributed by atoms with van der Waals surface area (Å²) in [6.45, 7) is 6.10. The number of benzene rings is 2. The number of hydrogen-bond acceptors (Lipinski definition) is 1. The monoisotopic (exact) mass is 301 g/mol. The zero-order valence-electron chi connectivity index (χ0n) is 12.4. The van der Waals surface area contributed by atoms with E-state index in [-0.39, 0.29) is 0 Å². The Hall–Kier alpha value is -1.91. The van der Waals surface area contributed by atoms with E-state index in [1.54, 1.807) is 0 Å². The van der Waals surface area contributed by atoms with Crippen molar-refractivity contribution in [3.05, 3.63) is 64.7 Å². The number of anilines is 1. The summed E-state index contributed by atoms with van der Waals surface area (Å²) in [5.41, 5.74) is 6.32. The zero-order valence-corrected chi connectivity index (χ0v) is 13.2. The third kappa shape index (κ3) is 4.03. The Labute approximate surface area is 128 Å². The predicted octanol–water partition coefficient (Wildman–Crippen LogP) is 4.41. The van der Waals surface area contributed by atoms with E-state index in [1.807, 2.05) is 44.2 Å². The summed E-state index contributed by atoms with van der Waals surface area (Å²) in [6, 6.07) is 13.9. The van der Waals surface area contributed by atoms with Crippen LogP contribution in [0.2, 0.25) is 0 Å². The van der Waals surface area contributed by atoms with Gasteiger partial charge in [-0.25, -0.2) is 4.21 Å². The summed E-state index contributed by atoms with van der Waals surface area (Å²) in [7, 11) is 0. The number of nitrogens with one attached hydrogen (secondary N) is 1. The van der Waals surface area contributed by atoms with Gasteiger partial charge < -0.3 is 0 Å². The SMILES string of the molecule is CC(=Cc1ccccc1)c1c(C)cc(NS(=O)O)cc1C. The van der Waals surface area contributed by atoms with Crippen LogP contribution in [0.25, 0.3) is 11.6 Å². The molecule has 2 aromatic rings. The molecule has 1 unspecified atom stereocenters. The number of rotatable bonds is 4. The van der Waals surface area contributed by atoms with Gasteiger partial charge in [0.2, 0.25) is 0 Å². The van der Waals surface area contributed by atoms with Gasteiger partial charge in [0, 0.05) is 5.69 Å². The highest BCUT2D eigenvalue weighted by atomic mass is 32.2. The van der Waals surface area contributed by atoms with Gasteiger partial charge in [-0.1, -0.05) is 36.4 Å². The zero-order chi connectivity index (χ0) is 15.4. The average Bonchev–Trinajstić information content (AvgIpc) is 2.38. The Morgan fingerprint density at radius 1 is 1.14 bits per heavy atom. The standard InChI is InChI=1S/C17H19NO2S/c1-12(9-15-7-5-4-6-8-15)17-13(2)10-16(11-14(17)3)18-21(19)20/h4-11,18H,1-3H3,(H,19,20). The minimum atomic E-state index is -2.05. The lowest BCUT2D eigenvalue weighted by Crippen LogP contribution is -2.03. The van der Waals surface area contributed by atoms with Gasteiger partial charge in [-0.2, -0.15) is 0 Å². The van der Waals surface area contributed by atoms with Crippen molar-refractivity contribution in [1.29, 1.82) is 0 Å². The summed E-state index contributed by atoms with van der Waals surface area (Å²) in [4.78, 5) is 0. The van der Waals surface area contributed by atoms with Crippen molar-refractivity contribution in [2.75, 3.05) is 4.72 Å². The molecular weight excluding hydrogens is 282 g/mol. The molecule has 2 aromatic carbocycles. The molecule has 0 radical (unpaired) electrons. The van der Waals surface area contributed by atoms with Crippen molar-refractivity contribution >= 4 is 28.6 Å². The minimum Gasteiger partial charge on any atom is -0.289 e. The Balaban J connectivity index is 2.40. The third-order valence-electron chi connectivity index (χ3n) is 3.31. The first-order chi connectivity index (χ1) is 9.97. The van der Waals surface area contributed by atoms with Gasteiger partial charge in [0.1, 0.15) is 0 Å². The number of allylic oxidation sites excluding steroid dienone is 1. The molecule has 0 fully saturated rings. The molecule has 0 aromatic heterocycles. The summed E-state index contributed by atoms with van der Waals surface area (Å²) in [6.07, 6.45) is 2.15. The second-order valence-electron chi connectivity index (χ2n) is 5.07. The lowest BCUT2D eigenvalue weighted by Gasteiger charge is -2.13. The molecule has 0 heterocycles. The molecule has 0 aliphatic carbocycles. The van der Waals surface area contributed by atoms with Gasteiger partial charge >= 0.3 is 0 Å². The van der Waals surface area contributed by atoms with Crippen LogP contribution in [0.1, 0.15) is 29.2 Å². The van der Waals surface area contributed by atoms with Gasteiger partial charge in [-0.15, -0.1) is 0 Å². The highest BCUT2D eigenvalue weighted by Crippen LogP contribution is 2.28. The molecule has 2 N–H and O–H groups in total. The molecule has 1 atom stereocenters. The van der Waals surface area contributed by atoms with Crippen LogP contribution in [-0.2, 0) is 11.3 Å². The molecule has 0 saturated heterocycles. The van der Waals surface area contributed by atoms with Gasteiger partial charge in [0.05, 0.1) is 0 Å². The fraction of sp³-hybridized carbons (Fsp3) is 0.176. The Morgan fingerprint density at radius 2 is 1.71 bits per heavy atom. The van der Waals surface area contributed by atoms with Crippen molar-refractivity contribution in [2.45, 2.75) is 20.8 Å². The Kier molecular flexibility index (Phi) is 4.94. The van der Waals surface area contributed by atoms with E-state index in [4.69, 9.17) is 4.55 Å². The molecule has 0 aliphatic heterocycles. The van der Waals surface area contributed by atoms with Crippen LogP contribution in [0.15, 0.2) is 42.5 Å². The molecule has 2 rings (SSSR count). The number of hydrogen-bond donors (Lipinski definition) is 2. The molecule has 3 nitrogen and oxygen atoms in total.